The Hall–Kier alpha value is -3.03. The third-order valence-corrected chi connectivity index (χ3v) is 4.91. The number of aromatic nitrogens is 2. The largest absolute Gasteiger partial charge is 0.479 e. The van der Waals surface area contributed by atoms with Crippen LogP contribution in [-0.4, -0.2) is 45.8 Å². The summed E-state index contributed by atoms with van der Waals surface area (Å²) in [5.41, 5.74) is 2.35. The maximum atomic E-state index is 12.8. The van der Waals surface area contributed by atoms with Gasteiger partial charge in [-0.1, -0.05) is 0 Å². The highest BCUT2D eigenvalue weighted by Crippen LogP contribution is 2.36. The zero-order chi connectivity index (χ0) is 19.1. The summed E-state index contributed by atoms with van der Waals surface area (Å²) in [5.74, 6) is 0.503. The summed E-state index contributed by atoms with van der Waals surface area (Å²) < 4.78 is 7.42. The Morgan fingerprint density at radius 3 is 2.81 bits per heavy atom. The van der Waals surface area contributed by atoms with Crippen LogP contribution in [0.1, 0.15) is 25.3 Å². The fraction of sp³-hybridized carbons (Fsp3) is 0.421. The van der Waals surface area contributed by atoms with E-state index in [4.69, 9.17) is 4.74 Å². The van der Waals surface area contributed by atoms with Crippen molar-refractivity contribution in [3.8, 4) is 5.75 Å². The van der Waals surface area contributed by atoms with E-state index >= 15 is 0 Å². The van der Waals surface area contributed by atoms with Crippen LogP contribution in [0.3, 0.4) is 0 Å². The number of rotatable bonds is 4. The average molecular weight is 369 g/mol. The molecular weight excluding hydrogens is 346 g/mol. The molecule has 1 atom stereocenters. The number of carbonyl (C=O) groups excluding carboxylic acids is 2. The highest BCUT2D eigenvalue weighted by molar-refractivity contribution is 6.00. The van der Waals surface area contributed by atoms with Gasteiger partial charge in [0, 0.05) is 43.7 Å². The molecule has 0 bridgehead atoms. The van der Waals surface area contributed by atoms with Crippen LogP contribution in [0.5, 0.6) is 5.75 Å². The molecule has 1 fully saturated rings. The van der Waals surface area contributed by atoms with E-state index in [2.05, 4.69) is 10.4 Å². The summed E-state index contributed by atoms with van der Waals surface area (Å²) in [6.07, 6.45) is 5.20. The molecule has 2 aliphatic rings. The molecule has 0 spiro atoms. The van der Waals surface area contributed by atoms with Gasteiger partial charge in [-0.3, -0.25) is 9.48 Å². The van der Waals surface area contributed by atoms with E-state index in [1.807, 2.05) is 18.1 Å². The Morgan fingerprint density at radius 2 is 2.15 bits per heavy atom. The molecule has 1 aliphatic heterocycles. The van der Waals surface area contributed by atoms with Crippen molar-refractivity contribution in [1.29, 1.82) is 0 Å². The van der Waals surface area contributed by atoms with Crippen molar-refractivity contribution in [3.63, 3.8) is 0 Å². The molecular formula is C19H23N5O3. The molecule has 2 aromatic rings. The Morgan fingerprint density at radius 1 is 1.37 bits per heavy atom. The van der Waals surface area contributed by atoms with Gasteiger partial charge in [0.1, 0.15) is 5.75 Å². The molecule has 1 N–H and O–H groups in total. The molecule has 8 heteroatoms. The summed E-state index contributed by atoms with van der Waals surface area (Å²) in [7, 11) is 3.59. The number of likely N-dealkylation sites (N-methyl/N-ethyl adjacent to an activating group) is 1. The smallest absolute Gasteiger partial charge is 0.322 e. The number of aryl methyl sites for hydroxylation is 1. The molecule has 1 aromatic carbocycles. The van der Waals surface area contributed by atoms with E-state index in [1.165, 1.54) is 0 Å². The number of urea groups is 1. The molecule has 1 aromatic heterocycles. The molecule has 27 heavy (non-hydrogen) atoms. The van der Waals surface area contributed by atoms with Crippen molar-refractivity contribution in [2.75, 3.05) is 17.3 Å². The molecule has 0 saturated heterocycles. The first-order chi connectivity index (χ1) is 12.9. The number of nitrogens with zero attached hydrogens (tertiary/aromatic N) is 4. The molecule has 1 aliphatic carbocycles. The molecule has 142 valence electrons. The standard InChI is InChI=1S/C19H23N5O3/c1-12-18(25)23(3)16-7-4-14(8-17(16)27-12)21-19(26)24(15-5-6-15)11-13-9-20-22(2)10-13/h4,7-10,12,15H,5-6,11H2,1-3H3,(H,21,26)/t12-/m0/s1. The Bertz CT molecular complexity index is 889. The topological polar surface area (TPSA) is 79.7 Å². The van der Waals surface area contributed by atoms with Crippen molar-refractivity contribution in [3.05, 3.63) is 36.2 Å². The fourth-order valence-electron chi connectivity index (χ4n) is 3.29. The van der Waals surface area contributed by atoms with E-state index in [0.29, 0.717) is 23.7 Å². The molecule has 0 radical (unpaired) electrons. The second-order valence-corrected chi connectivity index (χ2v) is 7.15. The molecule has 8 nitrogen and oxygen atoms in total. The minimum absolute atomic E-state index is 0.0873. The third-order valence-electron chi connectivity index (χ3n) is 4.91. The quantitative estimate of drug-likeness (QED) is 0.897. The summed E-state index contributed by atoms with van der Waals surface area (Å²) in [6.45, 7) is 2.25. The number of benzene rings is 1. The fourth-order valence-corrected chi connectivity index (χ4v) is 3.29. The normalized spacial score (nSPS) is 18.7. The van der Waals surface area contributed by atoms with E-state index in [1.54, 1.807) is 47.9 Å². The van der Waals surface area contributed by atoms with Crippen LogP contribution in [0.2, 0.25) is 0 Å². The minimum atomic E-state index is -0.540. The lowest BCUT2D eigenvalue weighted by atomic mass is 10.2. The van der Waals surface area contributed by atoms with Gasteiger partial charge in [0.15, 0.2) is 6.10 Å². The summed E-state index contributed by atoms with van der Waals surface area (Å²) >= 11 is 0. The van der Waals surface area contributed by atoms with Gasteiger partial charge in [0.25, 0.3) is 5.91 Å². The molecule has 2 heterocycles. The summed E-state index contributed by atoms with van der Waals surface area (Å²) in [6, 6.07) is 5.46. The van der Waals surface area contributed by atoms with Crippen molar-refractivity contribution in [1.82, 2.24) is 14.7 Å². The number of ether oxygens (including phenoxy) is 1. The SMILES string of the molecule is C[C@@H]1Oc2cc(NC(=O)N(Cc3cnn(C)c3)C3CC3)ccc2N(C)C1=O. The highest BCUT2D eigenvalue weighted by Gasteiger charge is 2.33. The van der Waals surface area contributed by atoms with Crippen molar-refractivity contribution in [2.24, 2.45) is 7.05 Å². The monoisotopic (exact) mass is 369 g/mol. The minimum Gasteiger partial charge on any atom is -0.479 e. The molecule has 3 amide bonds. The zero-order valence-electron chi connectivity index (χ0n) is 15.7. The van der Waals surface area contributed by atoms with Crippen molar-refractivity contribution >= 4 is 23.3 Å². The first kappa shape index (κ1) is 17.4. The highest BCUT2D eigenvalue weighted by atomic mass is 16.5. The van der Waals surface area contributed by atoms with Gasteiger partial charge in [-0.25, -0.2) is 4.79 Å². The van der Waals surface area contributed by atoms with Crippen LogP contribution in [0.15, 0.2) is 30.6 Å². The summed E-state index contributed by atoms with van der Waals surface area (Å²) in [4.78, 5) is 28.3. The molecule has 4 rings (SSSR count). The first-order valence-corrected chi connectivity index (χ1v) is 9.06. The third kappa shape index (κ3) is 3.47. The van der Waals surface area contributed by atoms with Crippen LogP contribution >= 0.6 is 0 Å². The van der Waals surface area contributed by atoms with Crippen molar-refractivity contribution in [2.45, 2.75) is 38.5 Å². The number of hydrogen-bond donors (Lipinski definition) is 1. The van der Waals surface area contributed by atoms with Gasteiger partial charge in [-0.2, -0.15) is 5.10 Å². The Balaban J connectivity index is 1.50. The molecule has 1 saturated carbocycles. The van der Waals surface area contributed by atoms with Crippen LogP contribution in [0.4, 0.5) is 16.2 Å². The van der Waals surface area contributed by atoms with Gasteiger partial charge >= 0.3 is 6.03 Å². The van der Waals surface area contributed by atoms with Crippen LogP contribution < -0.4 is 15.0 Å². The van der Waals surface area contributed by atoms with E-state index < -0.39 is 6.10 Å². The van der Waals surface area contributed by atoms with Crippen LogP contribution in [0, 0.1) is 0 Å². The number of hydrogen-bond acceptors (Lipinski definition) is 4. The number of anilines is 2. The van der Waals surface area contributed by atoms with Crippen LogP contribution in [-0.2, 0) is 18.4 Å². The second-order valence-electron chi connectivity index (χ2n) is 7.15. The summed E-state index contributed by atoms with van der Waals surface area (Å²) in [5, 5.41) is 7.13. The van der Waals surface area contributed by atoms with Gasteiger partial charge in [0.2, 0.25) is 0 Å². The predicted molar refractivity (Wildman–Crippen MR) is 101 cm³/mol. The number of nitrogens with one attached hydrogen (secondary N) is 1. The number of carbonyl (C=O) groups is 2. The zero-order valence-corrected chi connectivity index (χ0v) is 15.7. The average Bonchev–Trinajstić information content (AvgIpc) is 3.39. The van der Waals surface area contributed by atoms with Gasteiger partial charge in [-0.15, -0.1) is 0 Å². The molecule has 0 unspecified atom stereocenters. The predicted octanol–water partition coefficient (Wildman–Crippen LogP) is 2.36. The lowest BCUT2D eigenvalue weighted by Crippen LogP contribution is -2.42. The van der Waals surface area contributed by atoms with Gasteiger partial charge in [0.05, 0.1) is 18.4 Å². The lowest BCUT2D eigenvalue weighted by Gasteiger charge is -2.30. The maximum absolute atomic E-state index is 12.8. The number of amides is 3. The van der Waals surface area contributed by atoms with Crippen LogP contribution in [0.25, 0.3) is 0 Å². The first-order valence-electron chi connectivity index (χ1n) is 9.06. The van der Waals surface area contributed by atoms with E-state index in [0.717, 1.165) is 18.4 Å². The van der Waals surface area contributed by atoms with E-state index in [-0.39, 0.29) is 18.0 Å². The van der Waals surface area contributed by atoms with Crippen molar-refractivity contribution < 1.29 is 14.3 Å². The second kappa shape index (κ2) is 6.61. The lowest BCUT2D eigenvalue weighted by molar-refractivity contribution is -0.125. The van der Waals surface area contributed by atoms with Gasteiger partial charge < -0.3 is 19.9 Å². The maximum Gasteiger partial charge on any atom is 0.322 e. The Kier molecular flexibility index (Phi) is 4.25. The van der Waals surface area contributed by atoms with E-state index in [9.17, 15) is 9.59 Å². The Labute approximate surface area is 157 Å². The van der Waals surface area contributed by atoms with Gasteiger partial charge in [-0.05, 0) is 31.9 Å². The number of fused-ring (bicyclic) bond motifs is 1.